The van der Waals surface area contributed by atoms with Crippen molar-refractivity contribution in [1.29, 1.82) is 0 Å². The molecule has 216 valence electrons. The summed E-state index contributed by atoms with van der Waals surface area (Å²) in [6.07, 6.45) is 11.8. The first-order valence-corrected chi connectivity index (χ1v) is 15.8. The Morgan fingerprint density at radius 3 is 1.84 bits per heavy atom. The Balaban J connectivity index is 1.56. The molecule has 5 aliphatic carbocycles. The number of rotatable bonds is 2. The van der Waals surface area contributed by atoms with Crippen molar-refractivity contribution < 1.29 is 19.1 Å². The topological polar surface area (TPSA) is 52.6 Å². The number of hydrogen-bond acceptors (Lipinski definition) is 4. The zero-order valence-electron chi connectivity index (χ0n) is 26.2. The van der Waals surface area contributed by atoms with E-state index in [9.17, 15) is 9.59 Å². The van der Waals surface area contributed by atoms with Gasteiger partial charge in [-0.1, -0.05) is 55.4 Å². The fourth-order valence-electron chi connectivity index (χ4n) is 12.1. The lowest BCUT2D eigenvalue weighted by Crippen LogP contribution is -2.70. The molecule has 0 aromatic carbocycles. The molecule has 0 unspecified atom stereocenters. The van der Waals surface area contributed by atoms with Gasteiger partial charge in [0.25, 0.3) is 0 Å². The van der Waals surface area contributed by atoms with Crippen molar-refractivity contribution in [1.82, 2.24) is 0 Å². The number of hydrogen-bond donors (Lipinski definition) is 0. The third-order valence-electron chi connectivity index (χ3n) is 14.5. The van der Waals surface area contributed by atoms with Crippen molar-refractivity contribution >= 4 is 11.9 Å². The summed E-state index contributed by atoms with van der Waals surface area (Å²) in [5.74, 6) is 1.50. The SMILES string of the molecule is CC(=O)O[C@H]1C[C@@H](OC(C)=O)[C@@H]2[C@](C)(CC[C@H]3[C@@]2(C)CC[C@@]2(C)[C@@H]4CC(C)(C)CC[C@]4(C)CC[C@]32C)[C@H]1C. The number of ether oxygens (including phenoxy) is 2. The van der Waals surface area contributed by atoms with E-state index in [1.54, 1.807) is 6.92 Å². The molecule has 0 amide bonds. The summed E-state index contributed by atoms with van der Waals surface area (Å²) in [4.78, 5) is 24.5. The summed E-state index contributed by atoms with van der Waals surface area (Å²) in [7, 11) is 0. The maximum absolute atomic E-state index is 12.4. The fraction of sp³-hybridized carbons (Fsp3) is 0.941. The third-order valence-corrected chi connectivity index (χ3v) is 14.5. The van der Waals surface area contributed by atoms with Crippen molar-refractivity contribution in [3.63, 3.8) is 0 Å². The van der Waals surface area contributed by atoms with Gasteiger partial charge in [-0.2, -0.15) is 0 Å². The lowest BCUT2D eigenvalue weighted by molar-refractivity contribution is -0.280. The Morgan fingerprint density at radius 1 is 0.658 bits per heavy atom. The zero-order chi connectivity index (χ0) is 28.1. The second-order valence-electron chi connectivity index (χ2n) is 16.8. The Morgan fingerprint density at radius 2 is 1.21 bits per heavy atom. The van der Waals surface area contributed by atoms with Crippen LogP contribution in [0.5, 0.6) is 0 Å². The summed E-state index contributed by atoms with van der Waals surface area (Å²) in [5, 5.41) is 0. The van der Waals surface area contributed by atoms with Gasteiger partial charge in [0, 0.05) is 26.2 Å². The van der Waals surface area contributed by atoms with Gasteiger partial charge in [-0.25, -0.2) is 0 Å². The van der Waals surface area contributed by atoms with Crippen LogP contribution in [0, 0.1) is 56.2 Å². The quantitative estimate of drug-likeness (QED) is 0.338. The molecule has 0 saturated heterocycles. The molecule has 0 heterocycles. The van der Waals surface area contributed by atoms with Crippen LogP contribution < -0.4 is 0 Å². The van der Waals surface area contributed by atoms with Crippen molar-refractivity contribution in [2.45, 2.75) is 146 Å². The maximum atomic E-state index is 12.4. The molecular weight excluding hydrogens is 472 g/mol. The molecular formula is C34H56O4. The highest BCUT2D eigenvalue weighted by Gasteiger charge is 2.72. The van der Waals surface area contributed by atoms with Gasteiger partial charge in [0.1, 0.15) is 12.2 Å². The van der Waals surface area contributed by atoms with Crippen LogP contribution in [0.15, 0.2) is 0 Å². The summed E-state index contributed by atoms with van der Waals surface area (Å²) < 4.78 is 12.1. The number of fused-ring (bicyclic) bond motifs is 7. The third kappa shape index (κ3) is 3.87. The molecule has 0 bridgehead atoms. The average molecular weight is 529 g/mol. The maximum Gasteiger partial charge on any atom is 0.302 e. The predicted octanol–water partition coefficient (Wildman–Crippen LogP) is 8.36. The van der Waals surface area contributed by atoms with Gasteiger partial charge in [0.2, 0.25) is 0 Å². The first-order valence-electron chi connectivity index (χ1n) is 15.8. The smallest absolute Gasteiger partial charge is 0.302 e. The summed E-state index contributed by atoms with van der Waals surface area (Å²) in [6.45, 7) is 23.3. The van der Waals surface area contributed by atoms with E-state index in [0.29, 0.717) is 28.6 Å². The van der Waals surface area contributed by atoms with Crippen LogP contribution in [0.4, 0.5) is 0 Å². The molecule has 11 atom stereocenters. The van der Waals surface area contributed by atoms with Crippen LogP contribution >= 0.6 is 0 Å². The number of carbonyl (C=O) groups excluding carboxylic acids is 2. The van der Waals surface area contributed by atoms with Crippen LogP contribution in [-0.2, 0) is 19.1 Å². The molecule has 0 aromatic rings. The van der Waals surface area contributed by atoms with E-state index in [1.165, 1.54) is 58.3 Å². The molecule has 0 N–H and O–H groups in total. The van der Waals surface area contributed by atoms with E-state index < -0.39 is 0 Å². The first-order chi connectivity index (χ1) is 17.4. The molecule has 0 aliphatic heterocycles. The monoisotopic (exact) mass is 528 g/mol. The van der Waals surface area contributed by atoms with Crippen LogP contribution in [0.2, 0.25) is 0 Å². The van der Waals surface area contributed by atoms with Gasteiger partial charge in [0.15, 0.2) is 0 Å². The van der Waals surface area contributed by atoms with E-state index in [-0.39, 0.29) is 52.2 Å². The lowest BCUT2D eigenvalue weighted by Gasteiger charge is -2.75. The van der Waals surface area contributed by atoms with Crippen LogP contribution in [0.25, 0.3) is 0 Å². The van der Waals surface area contributed by atoms with Gasteiger partial charge in [0.05, 0.1) is 0 Å². The van der Waals surface area contributed by atoms with Gasteiger partial charge in [-0.05, 0) is 108 Å². The molecule has 5 saturated carbocycles. The largest absolute Gasteiger partial charge is 0.462 e. The summed E-state index contributed by atoms with van der Waals surface area (Å²) >= 11 is 0. The lowest BCUT2D eigenvalue weighted by atomic mass is 9.30. The van der Waals surface area contributed by atoms with Crippen molar-refractivity contribution in [2.24, 2.45) is 56.2 Å². The van der Waals surface area contributed by atoms with Gasteiger partial charge in [-0.3, -0.25) is 9.59 Å². The summed E-state index contributed by atoms with van der Waals surface area (Å²) in [5.41, 5.74) is 1.61. The molecule has 4 nitrogen and oxygen atoms in total. The first kappa shape index (κ1) is 28.5. The van der Waals surface area contributed by atoms with E-state index in [1.807, 2.05) is 0 Å². The summed E-state index contributed by atoms with van der Waals surface area (Å²) in [6, 6.07) is 0. The molecule has 5 fully saturated rings. The minimum atomic E-state index is -0.230. The van der Waals surface area contributed by atoms with E-state index >= 15 is 0 Å². The predicted molar refractivity (Wildman–Crippen MR) is 151 cm³/mol. The molecule has 4 heteroatoms. The van der Waals surface area contributed by atoms with E-state index in [4.69, 9.17) is 9.47 Å². The molecule has 5 aliphatic rings. The van der Waals surface area contributed by atoms with E-state index in [0.717, 1.165) is 12.3 Å². The highest BCUT2D eigenvalue weighted by atomic mass is 16.6. The molecule has 0 spiro atoms. The van der Waals surface area contributed by atoms with Gasteiger partial charge >= 0.3 is 11.9 Å². The highest BCUT2D eigenvalue weighted by Crippen LogP contribution is 2.78. The van der Waals surface area contributed by atoms with Gasteiger partial charge in [-0.15, -0.1) is 0 Å². The van der Waals surface area contributed by atoms with Crippen LogP contribution in [0.3, 0.4) is 0 Å². The van der Waals surface area contributed by atoms with Crippen LogP contribution in [0.1, 0.15) is 133 Å². The Hall–Kier alpha value is -1.06. The van der Waals surface area contributed by atoms with Gasteiger partial charge < -0.3 is 9.47 Å². The van der Waals surface area contributed by atoms with Crippen molar-refractivity contribution in [3.05, 3.63) is 0 Å². The van der Waals surface area contributed by atoms with Crippen molar-refractivity contribution in [2.75, 3.05) is 0 Å². The van der Waals surface area contributed by atoms with E-state index in [2.05, 4.69) is 55.4 Å². The van der Waals surface area contributed by atoms with Crippen LogP contribution in [-0.4, -0.2) is 24.1 Å². The highest BCUT2D eigenvalue weighted by molar-refractivity contribution is 5.67. The zero-order valence-corrected chi connectivity index (χ0v) is 26.2. The second-order valence-corrected chi connectivity index (χ2v) is 16.8. The minimum Gasteiger partial charge on any atom is -0.462 e. The number of esters is 2. The Bertz CT molecular complexity index is 987. The molecule has 5 rings (SSSR count). The normalized spacial score (nSPS) is 53.4. The van der Waals surface area contributed by atoms with Crippen molar-refractivity contribution in [3.8, 4) is 0 Å². The Kier molecular flexibility index (Phi) is 6.53. The average Bonchev–Trinajstić information content (AvgIpc) is 2.79. The number of carbonyl (C=O) groups is 2. The molecule has 38 heavy (non-hydrogen) atoms. The fourth-order valence-corrected chi connectivity index (χ4v) is 12.1. The Labute approximate surface area is 232 Å². The molecule has 0 radical (unpaired) electrons. The second kappa shape index (κ2) is 8.72. The standard InChI is InChI=1S/C34H56O4/c1-21-24(37-22(2)35)19-25(38-23(3)36)28-31(21,7)12-11-26-32(28,8)16-18-34(10)27-20-29(4,5)13-14-30(27,6)15-17-33(26,34)9/h21,24-28H,11-20H2,1-10H3/t21-,24-,25+,26-,27+,28+,30+,31+,32+,33+,34-/m0/s1. The minimum absolute atomic E-state index is 0.0240. The molecule has 0 aromatic heterocycles.